The minimum Gasteiger partial charge on any atom is -0.353 e. The molecular weight excluding hydrogens is 428 g/mol. The van der Waals surface area contributed by atoms with Crippen molar-refractivity contribution in [2.24, 2.45) is 5.92 Å². The van der Waals surface area contributed by atoms with Crippen molar-refractivity contribution in [1.29, 1.82) is 0 Å². The van der Waals surface area contributed by atoms with E-state index in [-0.39, 0.29) is 17.7 Å². The number of carbonyl (C=O) groups is 2. The van der Waals surface area contributed by atoms with Crippen LogP contribution in [0.4, 0.5) is 5.82 Å². The minimum absolute atomic E-state index is 0.0213. The van der Waals surface area contributed by atoms with Gasteiger partial charge in [0.2, 0.25) is 5.91 Å². The molecule has 0 atom stereocenters. The smallest absolute Gasteiger partial charge is 0.251 e. The van der Waals surface area contributed by atoms with Crippen molar-refractivity contribution in [3.63, 3.8) is 0 Å². The molecule has 0 radical (unpaired) electrons. The van der Waals surface area contributed by atoms with Gasteiger partial charge in [-0.3, -0.25) is 9.59 Å². The Morgan fingerprint density at radius 3 is 2.76 bits per heavy atom. The zero-order valence-electron chi connectivity index (χ0n) is 18.8. The molecule has 1 saturated heterocycles. The topological polar surface area (TPSA) is 91.6 Å². The molecule has 4 aromatic rings. The monoisotopic (exact) mass is 452 g/mol. The number of rotatable bonds is 5. The maximum absolute atomic E-state index is 12.6. The molecule has 0 bridgehead atoms. The molecule has 6 rings (SSSR count). The first-order chi connectivity index (χ1) is 16.5. The molecule has 0 unspecified atom stereocenters. The number of carbonyl (C=O) groups excluding carboxylic acids is 2. The number of aryl methyl sites for hydroxylation is 1. The number of fused-ring (bicyclic) bond motifs is 2. The predicted octanol–water partition coefficient (Wildman–Crippen LogP) is 2.70. The summed E-state index contributed by atoms with van der Waals surface area (Å²) in [4.78, 5) is 31.1. The van der Waals surface area contributed by atoms with E-state index in [1.165, 1.54) is 5.56 Å². The molecule has 8 heteroatoms. The quantitative estimate of drug-likeness (QED) is 0.486. The number of hydrogen-bond acceptors (Lipinski definition) is 5. The van der Waals surface area contributed by atoms with Crippen LogP contribution >= 0.6 is 0 Å². The van der Waals surface area contributed by atoms with Crippen LogP contribution in [0.1, 0.15) is 27.0 Å². The summed E-state index contributed by atoms with van der Waals surface area (Å²) < 4.78 is 1.82. The van der Waals surface area contributed by atoms with E-state index in [1.807, 2.05) is 41.0 Å². The number of amides is 2. The molecule has 0 aliphatic carbocycles. The Morgan fingerprint density at radius 1 is 1.12 bits per heavy atom. The summed E-state index contributed by atoms with van der Waals surface area (Å²) >= 11 is 0. The molecule has 2 aliphatic heterocycles. The number of anilines is 1. The van der Waals surface area contributed by atoms with Crippen LogP contribution in [0.2, 0.25) is 0 Å². The first-order valence-corrected chi connectivity index (χ1v) is 11.4. The van der Waals surface area contributed by atoms with Crippen LogP contribution < -0.4 is 15.5 Å². The maximum atomic E-state index is 12.6. The van der Waals surface area contributed by atoms with Crippen molar-refractivity contribution in [3.05, 3.63) is 83.3 Å². The zero-order chi connectivity index (χ0) is 23.2. The van der Waals surface area contributed by atoms with Gasteiger partial charge in [0.15, 0.2) is 5.82 Å². The molecule has 1 fully saturated rings. The summed E-state index contributed by atoms with van der Waals surface area (Å²) in [7, 11) is 0. The number of aromatic nitrogens is 3. The van der Waals surface area contributed by atoms with Crippen molar-refractivity contribution in [3.8, 4) is 11.1 Å². The number of nitrogens with one attached hydrogen (secondary N) is 2. The Kier molecular flexibility index (Phi) is 4.79. The average Bonchev–Trinajstić information content (AvgIpc) is 3.42. The summed E-state index contributed by atoms with van der Waals surface area (Å²) in [5.74, 6) is 0.810. The fourth-order valence-electron chi connectivity index (χ4n) is 4.59. The van der Waals surface area contributed by atoms with Crippen LogP contribution in [-0.4, -0.2) is 39.5 Å². The maximum Gasteiger partial charge on any atom is 0.251 e. The molecule has 0 spiro atoms. The van der Waals surface area contributed by atoms with E-state index in [0.717, 1.165) is 39.2 Å². The minimum atomic E-state index is -0.0587. The molecule has 8 nitrogen and oxygen atoms in total. The van der Waals surface area contributed by atoms with Crippen molar-refractivity contribution in [2.45, 2.75) is 20.0 Å². The third-order valence-corrected chi connectivity index (χ3v) is 6.65. The predicted molar refractivity (Wildman–Crippen MR) is 128 cm³/mol. The molecule has 170 valence electrons. The first-order valence-electron chi connectivity index (χ1n) is 11.4. The van der Waals surface area contributed by atoms with Gasteiger partial charge in [0, 0.05) is 43.5 Å². The normalized spacial score (nSPS) is 15.2. The van der Waals surface area contributed by atoms with Gasteiger partial charge in [0.25, 0.3) is 5.91 Å². The Hall–Kier alpha value is -4.20. The molecule has 34 heavy (non-hydrogen) atoms. The second kappa shape index (κ2) is 7.98. The highest BCUT2D eigenvalue weighted by Gasteiger charge is 2.34. The summed E-state index contributed by atoms with van der Waals surface area (Å²) in [5, 5.41) is 10.3. The average molecular weight is 453 g/mol. The molecule has 2 N–H and O–H groups in total. The van der Waals surface area contributed by atoms with E-state index < -0.39 is 0 Å². The fourth-order valence-corrected chi connectivity index (χ4v) is 4.59. The van der Waals surface area contributed by atoms with E-state index in [2.05, 4.69) is 50.7 Å². The van der Waals surface area contributed by atoms with E-state index >= 15 is 0 Å². The molecule has 2 aromatic heterocycles. The first kappa shape index (κ1) is 20.4. The highest BCUT2D eigenvalue weighted by atomic mass is 16.2. The van der Waals surface area contributed by atoms with Crippen molar-refractivity contribution in [2.75, 3.05) is 18.0 Å². The molecule has 2 aliphatic rings. The van der Waals surface area contributed by atoms with Crippen LogP contribution in [0.3, 0.4) is 0 Å². The standard InChI is InChI=1S/C26H24N6O2/c1-16-2-4-17(5-3-16)10-27-25(33)21-12-31(13-21)24-23-9-20(14-32(23)30-15-29-24)18-6-7-22-19(8-18)11-28-26(22)34/h2-9,14-15,21H,10-13H2,1H3,(H,27,33)(H,28,34). The van der Waals surface area contributed by atoms with Crippen LogP contribution in [0.25, 0.3) is 16.6 Å². The van der Waals surface area contributed by atoms with Crippen LogP contribution in [-0.2, 0) is 17.9 Å². The Balaban J connectivity index is 1.16. The third kappa shape index (κ3) is 3.57. The van der Waals surface area contributed by atoms with Gasteiger partial charge >= 0.3 is 0 Å². The van der Waals surface area contributed by atoms with E-state index in [4.69, 9.17) is 0 Å². The fraction of sp³-hybridized carbons (Fsp3) is 0.231. The second-order valence-corrected chi connectivity index (χ2v) is 9.00. The Bertz CT molecular complexity index is 1420. The van der Waals surface area contributed by atoms with E-state index in [1.54, 1.807) is 6.33 Å². The SMILES string of the molecule is Cc1ccc(CNC(=O)C2CN(c3ncnn4cc(-c5ccc6c(c5)CNC6=O)cc34)C2)cc1. The second-order valence-electron chi connectivity index (χ2n) is 9.00. The van der Waals surface area contributed by atoms with Crippen LogP contribution in [0, 0.1) is 12.8 Å². The van der Waals surface area contributed by atoms with Crippen LogP contribution in [0.15, 0.2) is 61.1 Å². The molecule has 0 saturated carbocycles. The third-order valence-electron chi connectivity index (χ3n) is 6.65. The largest absolute Gasteiger partial charge is 0.353 e. The van der Waals surface area contributed by atoms with Gasteiger partial charge in [-0.1, -0.05) is 35.9 Å². The van der Waals surface area contributed by atoms with Crippen molar-refractivity contribution < 1.29 is 9.59 Å². The van der Waals surface area contributed by atoms with Crippen molar-refractivity contribution >= 4 is 23.1 Å². The summed E-state index contributed by atoms with van der Waals surface area (Å²) in [6.07, 6.45) is 3.51. The van der Waals surface area contributed by atoms with Gasteiger partial charge in [0.05, 0.1) is 5.92 Å². The lowest BCUT2D eigenvalue weighted by Crippen LogP contribution is -2.54. The van der Waals surface area contributed by atoms with Gasteiger partial charge in [-0.25, -0.2) is 9.50 Å². The number of hydrogen-bond donors (Lipinski definition) is 2. The lowest BCUT2D eigenvalue weighted by atomic mass is 9.98. The van der Waals surface area contributed by atoms with E-state index in [0.29, 0.717) is 26.2 Å². The lowest BCUT2D eigenvalue weighted by molar-refractivity contribution is -0.125. The van der Waals surface area contributed by atoms with E-state index in [9.17, 15) is 9.59 Å². The summed E-state index contributed by atoms with van der Waals surface area (Å²) in [5.41, 5.74) is 6.98. The lowest BCUT2D eigenvalue weighted by Gasteiger charge is -2.39. The molecule has 2 aromatic carbocycles. The van der Waals surface area contributed by atoms with Gasteiger partial charge in [-0.05, 0) is 41.8 Å². The number of nitrogens with zero attached hydrogens (tertiary/aromatic N) is 4. The van der Waals surface area contributed by atoms with Crippen LogP contribution in [0.5, 0.6) is 0 Å². The molecular formula is C26H24N6O2. The molecule has 2 amide bonds. The highest BCUT2D eigenvalue weighted by Crippen LogP contribution is 2.31. The van der Waals surface area contributed by atoms with Gasteiger partial charge in [-0.15, -0.1) is 0 Å². The van der Waals surface area contributed by atoms with Gasteiger partial charge in [-0.2, -0.15) is 5.10 Å². The summed E-state index contributed by atoms with van der Waals surface area (Å²) in [6.45, 7) is 4.40. The zero-order valence-corrected chi connectivity index (χ0v) is 18.8. The molecule has 4 heterocycles. The highest BCUT2D eigenvalue weighted by molar-refractivity contribution is 5.99. The number of benzene rings is 2. The Labute approximate surface area is 196 Å². The van der Waals surface area contributed by atoms with Gasteiger partial charge < -0.3 is 15.5 Å². The Morgan fingerprint density at radius 2 is 1.94 bits per heavy atom. The van der Waals surface area contributed by atoms with Crippen molar-refractivity contribution in [1.82, 2.24) is 25.2 Å². The van der Waals surface area contributed by atoms with Gasteiger partial charge in [0.1, 0.15) is 11.8 Å². The summed E-state index contributed by atoms with van der Waals surface area (Å²) in [6, 6.07) is 16.1.